The van der Waals surface area contributed by atoms with Crippen LogP contribution in [0.3, 0.4) is 0 Å². The van der Waals surface area contributed by atoms with E-state index in [0.717, 1.165) is 5.56 Å². The number of hydrogen-bond donors (Lipinski definition) is 6. The Bertz CT molecular complexity index is 987. The summed E-state index contributed by atoms with van der Waals surface area (Å²) in [4.78, 5) is 12.0. The molecule has 10 N–H and O–H groups in total. The van der Waals surface area contributed by atoms with E-state index >= 15 is 0 Å². The van der Waals surface area contributed by atoms with Crippen LogP contribution in [0.15, 0.2) is 53.4 Å². The van der Waals surface area contributed by atoms with Crippen molar-refractivity contribution >= 4 is 27.6 Å². The number of nitrogens with two attached hydrogens (primary N) is 4. The average molecular weight is 404 g/mol. The van der Waals surface area contributed by atoms with E-state index < -0.39 is 10.0 Å². The lowest BCUT2D eigenvalue weighted by molar-refractivity contribution is -0.121. The second-order valence-electron chi connectivity index (χ2n) is 6.06. The Labute approximate surface area is 163 Å². The maximum absolute atomic E-state index is 12.3. The lowest BCUT2D eigenvalue weighted by Gasteiger charge is -2.08. The van der Waals surface area contributed by atoms with Crippen LogP contribution >= 0.6 is 0 Å². The van der Waals surface area contributed by atoms with Crippen molar-refractivity contribution in [1.29, 1.82) is 0 Å². The zero-order valence-corrected chi connectivity index (χ0v) is 16.0. The predicted molar refractivity (Wildman–Crippen MR) is 105 cm³/mol. The second kappa shape index (κ2) is 9.11. The highest BCUT2D eigenvalue weighted by molar-refractivity contribution is 7.89. The number of hydrogen-bond acceptors (Lipinski definition) is 3. The van der Waals surface area contributed by atoms with Gasteiger partial charge in [-0.25, -0.2) is 13.1 Å². The molecule has 0 bridgehead atoms. The molecule has 2 rings (SSSR count). The molecule has 10 heteroatoms. The minimum Gasteiger partial charge on any atom is -0.352 e. The van der Waals surface area contributed by atoms with Crippen LogP contribution in [0.2, 0.25) is 0 Å². The molecule has 0 atom stereocenters. The van der Waals surface area contributed by atoms with Gasteiger partial charge in [0.05, 0.1) is 16.0 Å². The lowest BCUT2D eigenvalue weighted by Crippen LogP contribution is -2.46. The Morgan fingerprint density at radius 2 is 1.61 bits per heavy atom. The Morgan fingerprint density at radius 1 is 0.964 bits per heavy atom. The van der Waals surface area contributed by atoms with Crippen molar-refractivity contribution in [2.45, 2.75) is 17.9 Å². The van der Waals surface area contributed by atoms with Gasteiger partial charge in [-0.15, -0.1) is 0 Å². The molecule has 0 aliphatic rings. The SMILES string of the molecule is NC(=[NH2+])c1ccc(CNC(=O)CCNS(=O)(=O)c2cccc(C(N)=[NH2+])c2)cc1. The van der Waals surface area contributed by atoms with Crippen molar-refractivity contribution in [3.8, 4) is 0 Å². The van der Waals surface area contributed by atoms with Gasteiger partial charge in [0.15, 0.2) is 0 Å². The van der Waals surface area contributed by atoms with E-state index in [4.69, 9.17) is 22.3 Å². The highest BCUT2D eigenvalue weighted by Crippen LogP contribution is 2.10. The molecule has 0 radical (unpaired) electrons. The van der Waals surface area contributed by atoms with Crippen LogP contribution in [0.1, 0.15) is 23.1 Å². The van der Waals surface area contributed by atoms with Crippen LogP contribution in [0.5, 0.6) is 0 Å². The predicted octanol–water partition coefficient (Wildman–Crippen LogP) is -3.40. The topological polar surface area (TPSA) is 178 Å². The highest BCUT2D eigenvalue weighted by Gasteiger charge is 2.16. The molecular formula is C18H24N6O3S+2. The third-order valence-corrected chi connectivity index (χ3v) is 5.36. The first-order chi connectivity index (χ1) is 13.2. The first-order valence-corrected chi connectivity index (χ1v) is 9.89. The number of rotatable bonds is 9. The summed E-state index contributed by atoms with van der Waals surface area (Å²) in [6.45, 7) is 0.266. The third kappa shape index (κ3) is 5.89. The fraction of sp³-hybridized carbons (Fsp3) is 0.167. The molecule has 0 fully saturated rings. The standard InChI is InChI=1S/C18H22N6O3S/c19-17(20)13-6-4-12(5-7-13)11-23-16(25)8-9-24-28(26,27)15-3-1-2-14(10-15)18(21)22/h1-7,10,24H,8-9,11H2,(H3,19,20)(H3,21,22)(H,23,25)/p+2. The minimum absolute atomic E-state index is 0.00825. The van der Waals surface area contributed by atoms with Gasteiger partial charge in [-0.3, -0.25) is 27.1 Å². The van der Waals surface area contributed by atoms with Gasteiger partial charge in [0.25, 0.3) is 11.7 Å². The Kier molecular flexibility index (Phi) is 6.85. The van der Waals surface area contributed by atoms with Gasteiger partial charge in [0.1, 0.15) is 0 Å². The van der Waals surface area contributed by atoms with Crippen molar-refractivity contribution in [2.24, 2.45) is 11.5 Å². The average Bonchev–Trinajstić information content (AvgIpc) is 2.66. The molecule has 0 aliphatic carbocycles. The van der Waals surface area contributed by atoms with Gasteiger partial charge in [-0.1, -0.05) is 18.2 Å². The van der Waals surface area contributed by atoms with Crippen LogP contribution in [0.4, 0.5) is 0 Å². The van der Waals surface area contributed by atoms with Crippen molar-refractivity contribution < 1.29 is 24.0 Å². The number of carbonyl (C=O) groups excluding carboxylic acids is 1. The molecule has 2 aromatic rings. The van der Waals surface area contributed by atoms with E-state index in [0.29, 0.717) is 17.7 Å². The maximum Gasteiger partial charge on any atom is 0.270 e. The molecule has 0 unspecified atom stereocenters. The number of amidine groups is 2. The van der Waals surface area contributed by atoms with Gasteiger partial charge in [0.2, 0.25) is 15.9 Å². The third-order valence-electron chi connectivity index (χ3n) is 3.90. The smallest absolute Gasteiger partial charge is 0.270 e. The highest BCUT2D eigenvalue weighted by atomic mass is 32.2. The van der Waals surface area contributed by atoms with Crippen molar-refractivity contribution in [3.05, 3.63) is 65.2 Å². The van der Waals surface area contributed by atoms with Crippen LogP contribution in [-0.2, 0) is 21.4 Å². The van der Waals surface area contributed by atoms with E-state index in [1.54, 1.807) is 30.3 Å². The molecule has 28 heavy (non-hydrogen) atoms. The van der Waals surface area contributed by atoms with Gasteiger partial charge in [-0.2, -0.15) is 0 Å². The molecule has 0 spiro atoms. The molecular weight excluding hydrogens is 380 g/mol. The Hall–Kier alpha value is -3.24. The van der Waals surface area contributed by atoms with Crippen LogP contribution in [-0.4, -0.2) is 32.5 Å². The van der Waals surface area contributed by atoms with E-state index in [9.17, 15) is 13.2 Å². The summed E-state index contributed by atoms with van der Waals surface area (Å²) in [6, 6.07) is 13.0. The number of amides is 1. The van der Waals surface area contributed by atoms with Gasteiger partial charge in [0, 0.05) is 19.5 Å². The van der Waals surface area contributed by atoms with Crippen molar-refractivity contribution in [2.75, 3.05) is 6.54 Å². The number of benzene rings is 2. The quantitative estimate of drug-likeness (QED) is 0.188. The fourth-order valence-electron chi connectivity index (χ4n) is 2.33. The van der Waals surface area contributed by atoms with E-state index in [1.165, 1.54) is 18.2 Å². The molecule has 0 heterocycles. The summed E-state index contributed by atoms with van der Waals surface area (Å²) >= 11 is 0. The second-order valence-corrected chi connectivity index (χ2v) is 7.83. The summed E-state index contributed by atoms with van der Waals surface area (Å²) in [5.41, 5.74) is 13.0. The zero-order valence-electron chi connectivity index (χ0n) is 15.2. The molecule has 1 amide bonds. The Balaban J connectivity index is 1.83. The van der Waals surface area contributed by atoms with Gasteiger partial charge in [-0.05, 0) is 35.9 Å². The molecule has 2 aromatic carbocycles. The van der Waals surface area contributed by atoms with E-state index in [1.807, 2.05) is 0 Å². The minimum atomic E-state index is -3.77. The van der Waals surface area contributed by atoms with E-state index in [2.05, 4.69) is 10.0 Å². The lowest BCUT2D eigenvalue weighted by atomic mass is 10.1. The molecule has 9 nitrogen and oxygen atoms in total. The summed E-state index contributed by atoms with van der Waals surface area (Å²) < 4.78 is 27.0. The number of carbonyl (C=O) groups is 1. The number of nitrogens with one attached hydrogen (secondary N) is 2. The molecule has 0 saturated heterocycles. The summed E-state index contributed by atoms with van der Waals surface area (Å²) in [5.74, 6) is -0.0399. The molecule has 0 aromatic heterocycles. The van der Waals surface area contributed by atoms with Crippen molar-refractivity contribution in [3.63, 3.8) is 0 Å². The van der Waals surface area contributed by atoms with Crippen LogP contribution < -0.4 is 32.3 Å². The van der Waals surface area contributed by atoms with Crippen LogP contribution in [0.25, 0.3) is 0 Å². The van der Waals surface area contributed by atoms with Gasteiger partial charge < -0.3 is 5.32 Å². The van der Waals surface area contributed by atoms with Crippen molar-refractivity contribution in [1.82, 2.24) is 10.0 Å². The zero-order chi connectivity index (χ0) is 20.7. The fourth-order valence-corrected chi connectivity index (χ4v) is 3.41. The summed E-state index contributed by atoms with van der Waals surface area (Å²) in [7, 11) is -3.77. The molecule has 0 aliphatic heterocycles. The summed E-state index contributed by atoms with van der Waals surface area (Å²) in [6.07, 6.45) is -0.00825. The maximum atomic E-state index is 12.3. The van der Waals surface area contributed by atoms with E-state index in [-0.39, 0.29) is 35.4 Å². The largest absolute Gasteiger partial charge is 0.352 e. The first-order valence-electron chi connectivity index (χ1n) is 8.41. The summed E-state index contributed by atoms with van der Waals surface area (Å²) in [5, 5.41) is 13.7. The van der Waals surface area contributed by atoms with Crippen LogP contribution in [0, 0.1) is 0 Å². The normalized spacial score (nSPS) is 11.0. The first kappa shape index (κ1) is 21.1. The molecule has 0 saturated carbocycles. The molecule has 148 valence electrons. The number of sulfonamides is 1. The van der Waals surface area contributed by atoms with Gasteiger partial charge >= 0.3 is 0 Å². The Morgan fingerprint density at radius 3 is 2.21 bits per heavy atom. The monoisotopic (exact) mass is 404 g/mol.